The molecule has 22 heavy (non-hydrogen) atoms. The first-order valence-electron chi connectivity index (χ1n) is 7.95. The van der Waals surface area contributed by atoms with Crippen molar-refractivity contribution in [2.45, 2.75) is 38.3 Å². The number of rotatable bonds is 5. The number of nitrogens with zero attached hydrogens (tertiary/aromatic N) is 1. The van der Waals surface area contributed by atoms with Crippen LogP contribution in [-0.2, 0) is 0 Å². The molecule has 0 saturated heterocycles. The fraction of sp³-hybridized carbons (Fsp3) is 0.647. The average molecular weight is 306 g/mol. The Bertz CT molecular complexity index is 543. The highest BCUT2D eigenvalue weighted by molar-refractivity contribution is 5.53. The third-order valence-electron chi connectivity index (χ3n) is 4.14. The molecule has 3 rings (SSSR count). The van der Waals surface area contributed by atoms with Gasteiger partial charge in [0.25, 0.3) is 0 Å². The Labute approximate surface area is 132 Å². The molecule has 0 fully saturated rings. The maximum Gasteiger partial charge on any atom is 0.231 e. The van der Waals surface area contributed by atoms with Gasteiger partial charge in [0, 0.05) is 24.1 Å². The van der Waals surface area contributed by atoms with Gasteiger partial charge in [0.15, 0.2) is 11.5 Å². The second-order valence-electron chi connectivity index (χ2n) is 6.97. The van der Waals surface area contributed by atoms with Crippen LogP contribution in [0.5, 0.6) is 17.2 Å². The SMILES string of the molecule is CN(C)CCCNC1CC(C)(C)Oc2cc3c(cc21)OCO3. The van der Waals surface area contributed by atoms with Crippen molar-refractivity contribution in [1.82, 2.24) is 10.2 Å². The van der Waals surface area contributed by atoms with E-state index in [4.69, 9.17) is 14.2 Å². The maximum atomic E-state index is 6.14. The van der Waals surface area contributed by atoms with E-state index in [0.717, 1.165) is 43.2 Å². The van der Waals surface area contributed by atoms with Crippen molar-refractivity contribution >= 4 is 0 Å². The summed E-state index contributed by atoms with van der Waals surface area (Å²) in [7, 11) is 4.21. The lowest BCUT2D eigenvalue weighted by Crippen LogP contribution is -2.40. The molecule has 1 unspecified atom stereocenters. The zero-order chi connectivity index (χ0) is 15.7. The summed E-state index contributed by atoms with van der Waals surface area (Å²) in [6.45, 7) is 6.65. The molecular weight excluding hydrogens is 280 g/mol. The zero-order valence-electron chi connectivity index (χ0n) is 13.9. The Hall–Kier alpha value is -1.46. The Kier molecular flexibility index (Phi) is 4.19. The van der Waals surface area contributed by atoms with E-state index in [9.17, 15) is 0 Å². The van der Waals surface area contributed by atoms with Crippen LogP contribution in [0.3, 0.4) is 0 Å². The summed E-state index contributed by atoms with van der Waals surface area (Å²) in [4.78, 5) is 2.21. The number of ether oxygens (including phenoxy) is 3. The molecule has 0 aliphatic carbocycles. The Balaban J connectivity index is 1.76. The van der Waals surface area contributed by atoms with Crippen molar-refractivity contribution in [3.8, 4) is 17.2 Å². The average Bonchev–Trinajstić information content (AvgIpc) is 2.87. The number of hydrogen-bond donors (Lipinski definition) is 1. The normalized spacial score (nSPS) is 21.6. The topological polar surface area (TPSA) is 43.0 Å². The first-order valence-corrected chi connectivity index (χ1v) is 7.95. The molecule has 0 amide bonds. The lowest BCUT2D eigenvalue weighted by atomic mass is 9.89. The van der Waals surface area contributed by atoms with Gasteiger partial charge in [-0.25, -0.2) is 0 Å². The molecule has 1 aromatic carbocycles. The predicted octanol–water partition coefficient (Wildman–Crippen LogP) is 2.56. The number of hydrogen-bond acceptors (Lipinski definition) is 5. The minimum atomic E-state index is -0.181. The molecule has 1 aromatic rings. The van der Waals surface area contributed by atoms with Crippen molar-refractivity contribution in [3.63, 3.8) is 0 Å². The van der Waals surface area contributed by atoms with E-state index in [-0.39, 0.29) is 11.6 Å². The summed E-state index contributed by atoms with van der Waals surface area (Å²) in [5.74, 6) is 2.51. The molecule has 122 valence electrons. The second kappa shape index (κ2) is 5.97. The molecule has 1 N–H and O–H groups in total. The van der Waals surface area contributed by atoms with Crippen LogP contribution in [0.2, 0.25) is 0 Å². The predicted molar refractivity (Wildman–Crippen MR) is 85.8 cm³/mol. The number of fused-ring (bicyclic) bond motifs is 2. The van der Waals surface area contributed by atoms with Gasteiger partial charge in [0.05, 0.1) is 0 Å². The fourth-order valence-electron chi connectivity index (χ4n) is 3.09. The molecule has 0 bridgehead atoms. The standard InChI is InChI=1S/C17H26N2O3/c1-17(2)10-13(18-6-5-7-19(3)4)12-8-15-16(21-11-20-15)9-14(12)22-17/h8-9,13,18H,5-7,10-11H2,1-4H3. The minimum Gasteiger partial charge on any atom is -0.487 e. The molecule has 5 heteroatoms. The van der Waals surface area contributed by atoms with Crippen LogP contribution in [0.15, 0.2) is 12.1 Å². The third kappa shape index (κ3) is 3.31. The van der Waals surface area contributed by atoms with Crippen molar-refractivity contribution < 1.29 is 14.2 Å². The minimum absolute atomic E-state index is 0.181. The second-order valence-corrected chi connectivity index (χ2v) is 6.97. The zero-order valence-corrected chi connectivity index (χ0v) is 13.9. The quantitative estimate of drug-likeness (QED) is 0.847. The molecule has 0 saturated carbocycles. The van der Waals surface area contributed by atoms with Crippen LogP contribution < -0.4 is 19.5 Å². The van der Waals surface area contributed by atoms with Gasteiger partial charge in [-0.3, -0.25) is 0 Å². The Morgan fingerprint density at radius 3 is 2.64 bits per heavy atom. The third-order valence-corrected chi connectivity index (χ3v) is 4.14. The van der Waals surface area contributed by atoms with Gasteiger partial charge in [-0.05, 0) is 53.5 Å². The summed E-state index contributed by atoms with van der Waals surface area (Å²) in [5.41, 5.74) is 0.994. The molecular formula is C17H26N2O3. The van der Waals surface area contributed by atoms with E-state index >= 15 is 0 Å². The molecule has 1 atom stereocenters. The van der Waals surface area contributed by atoms with Gasteiger partial charge in [0.2, 0.25) is 6.79 Å². The van der Waals surface area contributed by atoms with E-state index in [1.807, 2.05) is 6.07 Å². The van der Waals surface area contributed by atoms with Gasteiger partial charge in [-0.2, -0.15) is 0 Å². The first-order chi connectivity index (χ1) is 10.4. The highest BCUT2D eigenvalue weighted by Crippen LogP contribution is 2.46. The van der Waals surface area contributed by atoms with E-state index < -0.39 is 0 Å². The Morgan fingerprint density at radius 2 is 1.91 bits per heavy atom. The summed E-state index contributed by atoms with van der Waals surface area (Å²) in [6.07, 6.45) is 2.08. The van der Waals surface area contributed by atoms with Gasteiger partial charge >= 0.3 is 0 Å². The van der Waals surface area contributed by atoms with Crippen molar-refractivity contribution in [3.05, 3.63) is 17.7 Å². The van der Waals surface area contributed by atoms with E-state index in [1.54, 1.807) is 0 Å². The number of benzene rings is 1. The van der Waals surface area contributed by atoms with Crippen LogP contribution in [-0.4, -0.2) is 44.5 Å². The molecule has 2 aliphatic rings. The summed E-state index contributed by atoms with van der Waals surface area (Å²) >= 11 is 0. The van der Waals surface area contributed by atoms with Gasteiger partial charge in [0.1, 0.15) is 11.4 Å². The maximum absolute atomic E-state index is 6.14. The molecule has 0 radical (unpaired) electrons. The first kappa shape index (κ1) is 15.4. The molecule has 5 nitrogen and oxygen atoms in total. The van der Waals surface area contributed by atoms with E-state index in [0.29, 0.717) is 6.79 Å². The fourth-order valence-corrected chi connectivity index (χ4v) is 3.09. The van der Waals surface area contributed by atoms with E-state index in [1.165, 1.54) is 5.56 Å². The van der Waals surface area contributed by atoms with Gasteiger partial charge < -0.3 is 24.4 Å². The lowest BCUT2D eigenvalue weighted by Gasteiger charge is -2.38. The highest BCUT2D eigenvalue weighted by atomic mass is 16.7. The molecule has 2 aliphatic heterocycles. The number of nitrogens with one attached hydrogen (secondary N) is 1. The van der Waals surface area contributed by atoms with Crippen LogP contribution in [0.4, 0.5) is 0 Å². The van der Waals surface area contributed by atoms with Crippen LogP contribution in [0.1, 0.15) is 38.3 Å². The van der Waals surface area contributed by atoms with Crippen molar-refractivity contribution in [1.29, 1.82) is 0 Å². The van der Waals surface area contributed by atoms with Crippen molar-refractivity contribution in [2.24, 2.45) is 0 Å². The van der Waals surface area contributed by atoms with Crippen LogP contribution in [0.25, 0.3) is 0 Å². The summed E-state index contributed by atoms with van der Waals surface area (Å²) in [6, 6.07) is 4.32. The summed E-state index contributed by atoms with van der Waals surface area (Å²) < 4.78 is 17.1. The van der Waals surface area contributed by atoms with Gasteiger partial charge in [-0.15, -0.1) is 0 Å². The lowest BCUT2D eigenvalue weighted by molar-refractivity contribution is 0.0657. The van der Waals surface area contributed by atoms with E-state index in [2.05, 4.69) is 44.2 Å². The summed E-state index contributed by atoms with van der Waals surface area (Å²) in [5, 5.41) is 3.68. The monoisotopic (exact) mass is 306 g/mol. The van der Waals surface area contributed by atoms with Gasteiger partial charge in [-0.1, -0.05) is 0 Å². The Morgan fingerprint density at radius 1 is 1.18 bits per heavy atom. The molecule has 2 heterocycles. The van der Waals surface area contributed by atoms with Crippen LogP contribution >= 0.6 is 0 Å². The highest BCUT2D eigenvalue weighted by Gasteiger charge is 2.35. The van der Waals surface area contributed by atoms with Crippen LogP contribution in [0, 0.1) is 0 Å². The molecule has 0 spiro atoms. The smallest absolute Gasteiger partial charge is 0.231 e. The van der Waals surface area contributed by atoms with Crippen molar-refractivity contribution in [2.75, 3.05) is 34.0 Å². The molecule has 0 aromatic heterocycles. The largest absolute Gasteiger partial charge is 0.487 e.